The number of hydrogen-bond acceptors (Lipinski definition) is 4. The van der Waals surface area contributed by atoms with Crippen molar-refractivity contribution in [1.29, 1.82) is 0 Å². The topological polar surface area (TPSA) is 69.8 Å². The number of fused-ring (bicyclic) bond motifs is 1. The van der Waals surface area contributed by atoms with Gasteiger partial charge >= 0.3 is 0 Å². The second-order valence-electron chi connectivity index (χ2n) is 6.74. The molecule has 0 aliphatic carbocycles. The van der Waals surface area contributed by atoms with Crippen LogP contribution in [0.15, 0.2) is 53.7 Å². The summed E-state index contributed by atoms with van der Waals surface area (Å²) in [6.07, 6.45) is 1.96. The standard InChI is InChI=1S/C20H27N7/c1-15-8-10-16(11-9-15)17(26(3)4)13-22-20(21-2)23-14-19-25-24-18-7-5-6-12-27(18)19/h5-12,17H,13-14H2,1-4H3,(H2,21,22,23). The van der Waals surface area contributed by atoms with Gasteiger partial charge in [0.15, 0.2) is 17.4 Å². The average molecular weight is 365 g/mol. The lowest BCUT2D eigenvalue weighted by atomic mass is 10.0. The summed E-state index contributed by atoms with van der Waals surface area (Å²) >= 11 is 0. The molecular formula is C20H27N7. The summed E-state index contributed by atoms with van der Waals surface area (Å²) in [7, 11) is 5.95. The number of aliphatic imine (C=N–C) groups is 1. The van der Waals surface area contributed by atoms with Gasteiger partial charge in [0.25, 0.3) is 0 Å². The molecule has 0 aliphatic heterocycles. The summed E-state index contributed by atoms with van der Waals surface area (Å²) in [6.45, 7) is 3.39. The molecule has 142 valence electrons. The molecule has 27 heavy (non-hydrogen) atoms. The molecule has 1 unspecified atom stereocenters. The van der Waals surface area contributed by atoms with Crippen LogP contribution in [0.4, 0.5) is 0 Å². The van der Waals surface area contributed by atoms with E-state index in [1.807, 2.05) is 28.8 Å². The first-order chi connectivity index (χ1) is 13.1. The van der Waals surface area contributed by atoms with E-state index in [4.69, 9.17) is 0 Å². The quantitative estimate of drug-likeness (QED) is 0.517. The van der Waals surface area contributed by atoms with Gasteiger partial charge in [-0.25, -0.2) is 0 Å². The summed E-state index contributed by atoms with van der Waals surface area (Å²) in [5.41, 5.74) is 3.38. The van der Waals surface area contributed by atoms with E-state index in [-0.39, 0.29) is 6.04 Å². The molecule has 3 rings (SSSR count). The second kappa shape index (κ2) is 8.64. The Labute approximate surface area is 160 Å². The van der Waals surface area contributed by atoms with Crippen LogP contribution in [0.2, 0.25) is 0 Å². The monoisotopic (exact) mass is 365 g/mol. The molecule has 3 aromatic rings. The first kappa shape index (κ1) is 18.8. The van der Waals surface area contributed by atoms with Crippen LogP contribution >= 0.6 is 0 Å². The molecule has 2 aromatic heterocycles. The van der Waals surface area contributed by atoms with E-state index < -0.39 is 0 Å². The van der Waals surface area contributed by atoms with E-state index in [1.54, 1.807) is 7.05 Å². The Bertz CT molecular complexity index is 896. The molecular weight excluding hydrogens is 338 g/mol. The molecule has 0 spiro atoms. The maximum atomic E-state index is 4.33. The molecule has 0 radical (unpaired) electrons. The molecule has 0 saturated heterocycles. The van der Waals surface area contributed by atoms with Crippen LogP contribution in [0.25, 0.3) is 5.65 Å². The fourth-order valence-corrected chi connectivity index (χ4v) is 2.98. The van der Waals surface area contributed by atoms with Crippen molar-refractivity contribution in [3.8, 4) is 0 Å². The van der Waals surface area contributed by atoms with Crippen LogP contribution < -0.4 is 10.6 Å². The summed E-state index contributed by atoms with van der Waals surface area (Å²) in [5, 5.41) is 15.1. The molecule has 0 bridgehead atoms. The van der Waals surface area contributed by atoms with Crippen molar-refractivity contribution >= 4 is 11.6 Å². The minimum absolute atomic E-state index is 0.248. The molecule has 2 N–H and O–H groups in total. The predicted molar refractivity (Wildman–Crippen MR) is 109 cm³/mol. The normalized spacial score (nSPS) is 13.1. The summed E-state index contributed by atoms with van der Waals surface area (Å²) in [6, 6.07) is 14.8. The van der Waals surface area contributed by atoms with Gasteiger partial charge < -0.3 is 15.5 Å². The van der Waals surface area contributed by atoms with Crippen LogP contribution in [0.5, 0.6) is 0 Å². The number of guanidine groups is 1. The van der Waals surface area contributed by atoms with E-state index in [1.165, 1.54) is 11.1 Å². The zero-order valence-electron chi connectivity index (χ0n) is 16.3. The van der Waals surface area contributed by atoms with Crippen molar-refractivity contribution in [3.05, 3.63) is 65.6 Å². The molecule has 0 aliphatic rings. The Morgan fingerprint density at radius 2 is 1.89 bits per heavy atom. The number of pyridine rings is 1. The van der Waals surface area contributed by atoms with Crippen LogP contribution in [0.3, 0.4) is 0 Å². The molecule has 2 heterocycles. The maximum absolute atomic E-state index is 4.33. The first-order valence-corrected chi connectivity index (χ1v) is 9.04. The molecule has 7 nitrogen and oxygen atoms in total. The summed E-state index contributed by atoms with van der Waals surface area (Å²) < 4.78 is 1.97. The van der Waals surface area contributed by atoms with E-state index >= 15 is 0 Å². The summed E-state index contributed by atoms with van der Waals surface area (Å²) in [5.74, 6) is 1.58. The molecule has 0 saturated carbocycles. The van der Waals surface area contributed by atoms with Crippen molar-refractivity contribution in [2.45, 2.75) is 19.5 Å². The molecule has 1 atom stereocenters. The van der Waals surface area contributed by atoms with E-state index in [9.17, 15) is 0 Å². The van der Waals surface area contributed by atoms with Gasteiger partial charge in [-0.15, -0.1) is 10.2 Å². The lowest BCUT2D eigenvalue weighted by molar-refractivity contribution is 0.298. The Balaban J connectivity index is 1.61. The molecule has 1 aromatic carbocycles. The second-order valence-corrected chi connectivity index (χ2v) is 6.74. The largest absolute Gasteiger partial charge is 0.354 e. The highest BCUT2D eigenvalue weighted by Gasteiger charge is 2.15. The third-order valence-corrected chi connectivity index (χ3v) is 4.57. The van der Waals surface area contributed by atoms with Crippen LogP contribution in [0, 0.1) is 6.92 Å². The minimum Gasteiger partial charge on any atom is -0.354 e. The Morgan fingerprint density at radius 3 is 2.59 bits per heavy atom. The van der Waals surface area contributed by atoms with Crippen LogP contribution in [-0.2, 0) is 6.54 Å². The van der Waals surface area contributed by atoms with Gasteiger partial charge in [0.05, 0.1) is 12.6 Å². The number of aryl methyl sites for hydroxylation is 1. The van der Waals surface area contributed by atoms with Gasteiger partial charge in [-0.2, -0.15) is 0 Å². The number of hydrogen-bond donors (Lipinski definition) is 2. The molecule has 7 heteroatoms. The van der Waals surface area contributed by atoms with Gasteiger partial charge in [0.2, 0.25) is 0 Å². The molecule has 0 amide bonds. The minimum atomic E-state index is 0.248. The van der Waals surface area contributed by atoms with Crippen LogP contribution in [0.1, 0.15) is 23.0 Å². The number of aromatic nitrogens is 3. The number of nitrogens with one attached hydrogen (secondary N) is 2. The van der Waals surface area contributed by atoms with E-state index in [0.29, 0.717) is 6.54 Å². The fraction of sp³-hybridized carbons (Fsp3) is 0.350. The van der Waals surface area contributed by atoms with Crippen molar-refractivity contribution in [3.63, 3.8) is 0 Å². The van der Waals surface area contributed by atoms with Gasteiger partial charge in [0, 0.05) is 19.8 Å². The van der Waals surface area contributed by atoms with Crippen LogP contribution in [-0.4, -0.2) is 53.1 Å². The lowest BCUT2D eigenvalue weighted by Crippen LogP contribution is -2.41. The zero-order valence-corrected chi connectivity index (χ0v) is 16.3. The van der Waals surface area contributed by atoms with Crippen molar-refractivity contribution < 1.29 is 0 Å². The number of nitrogens with zero attached hydrogens (tertiary/aromatic N) is 5. The summed E-state index contributed by atoms with van der Waals surface area (Å²) in [4.78, 5) is 6.53. The number of benzene rings is 1. The fourth-order valence-electron chi connectivity index (χ4n) is 2.98. The third kappa shape index (κ3) is 4.62. The third-order valence-electron chi connectivity index (χ3n) is 4.57. The van der Waals surface area contributed by atoms with Gasteiger partial charge in [-0.05, 0) is 38.7 Å². The molecule has 0 fully saturated rings. The number of rotatable bonds is 6. The number of likely N-dealkylation sites (N-methyl/N-ethyl adjacent to an activating group) is 1. The maximum Gasteiger partial charge on any atom is 0.191 e. The Morgan fingerprint density at radius 1 is 1.11 bits per heavy atom. The highest BCUT2D eigenvalue weighted by molar-refractivity contribution is 5.79. The SMILES string of the molecule is CN=C(NCc1nnc2ccccn12)NCC(c1ccc(C)cc1)N(C)C. The highest BCUT2D eigenvalue weighted by Crippen LogP contribution is 2.17. The zero-order chi connectivity index (χ0) is 19.2. The highest BCUT2D eigenvalue weighted by atomic mass is 15.3. The Kier molecular flexibility index (Phi) is 6.03. The van der Waals surface area contributed by atoms with E-state index in [0.717, 1.165) is 24.0 Å². The average Bonchev–Trinajstić information content (AvgIpc) is 3.09. The van der Waals surface area contributed by atoms with Crippen molar-refractivity contribution in [2.24, 2.45) is 4.99 Å². The van der Waals surface area contributed by atoms with E-state index in [2.05, 4.69) is 76.0 Å². The smallest absolute Gasteiger partial charge is 0.191 e. The predicted octanol–water partition coefficient (Wildman–Crippen LogP) is 2.01. The van der Waals surface area contributed by atoms with Gasteiger partial charge in [0.1, 0.15) is 0 Å². The lowest BCUT2D eigenvalue weighted by Gasteiger charge is -2.26. The van der Waals surface area contributed by atoms with Crippen molar-refractivity contribution in [2.75, 3.05) is 27.7 Å². The Hall–Kier alpha value is -2.93. The first-order valence-electron chi connectivity index (χ1n) is 9.04. The van der Waals surface area contributed by atoms with Gasteiger partial charge in [-0.1, -0.05) is 35.9 Å². The van der Waals surface area contributed by atoms with Crippen molar-refractivity contribution in [1.82, 2.24) is 30.1 Å². The van der Waals surface area contributed by atoms with Gasteiger partial charge in [-0.3, -0.25) is 9.39 Å².